The second kappa shape index (κ2) is 3.69. The molecular formula is C9H6F3I. The first-order valence-electron chi connectivity index (χ1n) is 3.44. The van der Waals surface area contributed by atoms with E-state index in [-0.39, 0.29) is 3.57 Å². The van der Waals surface area contributed by atoms with Crippen molar-refractivity contribution in [2.24, 2.45) is 0 Å². The molecule has 0 unspecified atom stereocenters. The first kappa shape index (κ1) is 10.6. The molecule has 1 rings (SSSR count). The Labute approximate surface area is 87.6 Å². The van der Waals surface area contributed by atoms with Gasteiger partial charge in [0.2, 0.25) is 0 Å². The normalized spacial score (nSPS) is 11.4. The van der Waals surface area contributed by atoms with Crippen molar-refractivity contribution in [3.05, 3.63) is 39.5 Å². The van der Waals surface area contributed by atoms with Crippen LogP contribution in [0.4, 0.5) is 13.2 Å². The lowest BCUT2D eigenvalue weighted by molar-refractivity contribution is -0.138. The molecule has 0 radical (unpaired) electrons. The summed E-state index contributed by atoms with van der Waals surface area (Å²) in [5.74, 6) is 0. The summed E-state index contributed by atoms with van der Waals surface area (Å²) in [4.78, 5) is 0. The van der Waals surface area contributed by atoms with Crippen molar-refractivity contribution in [1.82, 2.24) is 0 Å². The highest BCUT2D eigenvalue weighted by Crippen LogP contribution is 2.33. The summed E-state index contributed by atoms with van der Waals surface area (Å²) in [7, 11) is 0. The third kappa shape index (κ3) is 2.46. The monoisotopic (exact) mass is 298 g/mol. The Kier molecular flexibility index (Phi) is 3.00. The van der Waals surface area contributed by atoms with Crippen molar-refractivity contribution in [2.45, 2.75) is 6.18 Å². The lowest BCUT2D eigenvalue weighted by Crippen LogP contribution is -2.07. The van der Waals surface area contributed by atoms with Crippen molar-refractivity contribution >= 4 is 28.7 Å². The van der Waals surface area contributed by atoms with Crippen LogP contribution in [-0.2, 0) is 6.18 Å². The van der Waals surface area contributed by atoms with Crippen LogP contribution in [0.15, 0.2) is 24.8 Å². The average molecular weight is 298 g/mol. The minimum atomic E-state index is -4.28. The summed E-state index contributed by atoms with van der Waals surface area (Å²) in [6, 6.07) is 4.12. The van der Waals surface area contributed by atoms with Crippen molar-refractivity contribution in [1.29, 1.82) is 0 Å². The first-order valence-corrected chi connectivity index (χ1v) is 4.52. The molecule has 1 aromatic carbocycles. The summed E-state index contributed by atoms with van der Waals surface area (Å²) in [5, 5.41) is 0. The van der Waals surface area contributed by atoms with E-state index in [2.05, 4.69) is 6.58 Å². The van der Waals surface area contributed by atoms with Gasteiger partial charge in [-0.2, -0.15) is 13.2 Å². The Morgan fingerprint density at radius 3 is 2.38 bits per heavy atom. The molecule has 0 nitrogen and oxygen atoms in total. The summed E-state index contributed by atoms with van der Waals surface area (Å²) in [5.41, 5.74) is -0.127. The minimum absolute atomic E-state index is 0.204. The quantitative estimate of drug-likeness (QED) is 0.689. The van der Waals surface area contributed by atoms with Crippen LogP contribution in [0.25, 0.3) is 6.08 Å². The Bertz CT molecular complexity index is 328. The second-order valence-corrected chi connectivity index (χ2v) is 3.60. The fourth-order valence-electron chi connectivity index (χ4n) is 0.887. The fraction of sp³-hybridized carbons (Fsp3) is 0.111. The van der Waals surface area contributed by atoms with Gasteiger partial charge in [0.1, 0.15) is 0 Å². The SMILES string of the molecule is C=Cc1ccc(I)c(C(F)(F)F)c1. The molecule has 0 N–H and O–H groups in total. The van der Waals surface area contributed by atoms with Crippen LogP contribution in [0.5, 0.6) is 0 Å². The Morgan fingerprint density at radius 2 is 1.92 bits per heavy atom. The molecular weight excluding hydrogens is 292 g/mol. The van der Waals surface area contributed by atoms with Gasteiger partial charge in [-0.15, -0.1) is 0 Å². The largest absolute Gasteiger partial charge is 0.417 e. The van der Waals surface area contributed by atoms with E-state index >= 15 is 0 Å². The number of benzene rings is 1. The average Bonchev–Trinajstić information content (AvgIpc) is 2.03. The predicted molar refractivity (Wildman–Crippen MR) is 54.3 cm³/mol. The predicted octanol–water partition coefficient (Wildman–Crippen LogP) is 3.95. The Morgan fingerprint density at radius 1 is 1.31 bits per heavy atom. The van der Waals surface area contributed by atoms with Gasteiger partial charge in [-0.3, -0.25) is 0 Å². The van der Waals surface area contributed by atoms with E-state index in [1.807, 2.05) is 0 Å². The molecule has 4 heteroatoms. The van der Waals surface area contributed by atoms with Gasteiger partial charge >= 0.3 is 6.18 Å². The molecule has 0 aromatic heterocycles. The third-order valence-electron chi connectivity index (χ3n) is 1.53. The van der Waals surface area contributed by atoms with Crippen molar-refractivity contribution in [3.8, 4) is 0 Å². The zero-order valence-electron chi connectivity index (χ0n) is 6.53. The van der Waals surface area contributed by atoms with E-state index in [1.165, 1.54) is 12.1 Å². The highest BCUT2D eigenvalue weighted by molar-refractivity contribution is 14.1. The fourth-order valence-corrected chi connectivity index (χ4v) is 1.53. The van der Waals surface area contributed by atoms with Crippen LogP contribution in [-0.4, -0.2) is 0 Å². The standard InChI is InChI=1S/C9H6F3I/c1-2-6-3-4-8(13)7(5-6)9(10,11)12/h2-5H,1H2. The van der Waals surface area contributed by atoms with E-state index in [0.717, 1.165) is 6.07 Å². The summed E-state index contributed by atoms with van der Waals surface area (Å²) in [6.45, 7) is 3.41. The summed E-state index contributed by atoms with van der Waals surface area (Å²) < 4.78 is 37.2. The Hall–Kier alpha value is -0.520. The van der Waals surface area contributed by atoms with Gasteiger partial charge in [-0.25, -0.2) is 0 Å². The number of hydrogen-bond acceptors (Lipinski definition) is 0. The highest BCUT2D eigenvalue weighted by atomic mass is 127. The third-order valence-corrected chi connectivity index (χ3v) is 2.47. The van der Waals surface area contributed by atoms with Gasteiger partial charge in [0, 0.05) is 3.57 Å². The van der Waals surface area contributed by atoms with E-state index in [1.54, 1.807) is 28.7 Å². The molecule has 0 saturated heterocycles. The van der Waals surface area contributed by atoms with Crippen molar-refractivity contribution < 1.29 is 13.2 Å². The molecule has 0 spiro atoms. The molecule has 0 amide bonds. The van der Waals surface area contributed by atoms with Crippen LogP contribution in [0.3, 0.4) is 0 Å². The van der Waals surface area contributed by atoms with E-state index < -0.39 is 11.7 Å². The van der Waals surface area contributed by atoms with Crippen LogP contribution < -0.4 is 0 Å². The molecule has 13 heavy (non-hydrogen) atoms. The van der Waals surface area contributed by atoms with Crippen LogP contribution >= 0.6 is 22.6 Å². The van der Waals surface area contributed by atoms with Gasteiger partial charge in [-0.05, 0) is 40.3 Å². The molecule has 0 aliphatic carbocycles. The molecule has 1 aromatic rings. The topological polar surface area (TPSA) is 0 Å². The van der Waals surface area contributed by atoms with Crippen LogP contribution in [0.2, 0.25) is 0 Å². The van der Waals surface area contributed by atoms with Gasteiger partial charge in [0.15, 0.2) is 0 Å². The van der Waals surface area contributed by atoms with E-state index in [0.29, 0.717) is 5.56 Å². The number of alkyl halides is 3. The van der Waals surface area contributed by atoms with Gasteiger partial charge in [-0.1, -0.05) is 18.7 Å². The van der Waals surface area contributed by atoms with Gasteiger partial charge in [0.25, 0.3) is 0 Å². The molecule has 0 fully saturated rings. The maximum Gasteiger partial charge on any atom is 0.417 e. The zero-order chi connectivity index (χ0) is 10.1. The smallest absolute Gasteiger partial charge is 0.166 e. The first-order chi connectivity index (χ1) is 5.95. The maximum absolute atomic E-state index is 12.3. The van der Waals surface area contributed by atoms with Gasteiger partial charge in [0.05, 0.1) is 5.56 Å². The van der Waals surface area contributed by atoms with Gasteiger partial charge < -0.3 is 0 Å². The van der Waals surface area contributed by atoms with E-state index in [9.17, 15) is 13.2 Å². The highest BCUT2D eigenvalue weighted by Gasteiger charge is 2.32. The van der Waals surface area contributed by atoms with Crippen molar-refractivity contribution in [3.63, 3.8) is 0 Å². The number of halogens is 4. The molecule has 0 saturated carbocycles. The lowest BCUT2D eigenvalue weighted by Gasteiger charge is -2.09. The lowest BCUT2D eigenvalue weighted by atomic mass is 10.1. The maximum atomic E-state index is 12.3. The second-order valence-electron chi connectivity index (χ2n) is 2.44. The van der Waals surface area contributed by atoms with Crippen LogP contribution in [0, 0.1) is 3.57 Å². The molecule has 0 bridgehead atoms. The summed E-state index contributed by atoms with van der Waals surface area (Å²) in [6.07, 6.45) is -2.89. The number of rotatable bonds is 1. The molecule has 0 atom stereocenters. The number of hydrogen-bond donors (Lipinski definition) is 0. The van der Waals surface area contributed by atoms with Crippen molar-refractivity contribution in [2.75, 3.05) is 0 Å². The summed E-state index contributed by atoms with van der Waals surface area (Å²) >= 11 is 1.66. The molecule has 0 aliphatic rings. The molecule has 0 heterocycles. The van der Waals surface area contributed by atoms with E-state index in [4.69, 9.17) is 0 Å². The molecule has 70 valence electrons. The minimum Gasteiger partial charge on any atom is -0.166 e. The zero-order valence-corrected chi connectivity index (χ0v) is 8.69. The van der Waals surface area contributed by atoms with Crippen LogP contribution in [0.1, 0.15) is 11.1 Å². The Balaban J connectivity index is 3.27. The molecule has 0 aliphatic heterocycles.